The highest BCUT2D eigenvalue weighted by atomic mass is 16.1. The normalized spacial score (nSPS) is 16.5. The van der Waals surface area contributed by atoms with Gasteiger partial charge in [-0.15, -0.1) is 0 Å². The summed E-state index contributed by atoms with van der Waals surface area (Å²) >= 11 is 0. The minimum absolute atomic E-state index is 0.243. The molecule has 4 heteroatoms. The lowest BCUT2D eigenvalue weighted by molar-refractivity contribution is -0.118. The van der Waals surface area contributed by atoms with Crippen molar-refractivity contribution >= 4 is 5.78 Å². The lowest BCUT2D eigenvalue weighted by Crippen LogP contribution is -2.09. The Morgan fingerprint density at radius 1 is 1.47 bits per heavy atom. The molecule has 94 valence electrons. The van der Waals surface area contributed by atoms with Crippen molar-refractivity contribution in [3.8, 4) is 0 Å². The lowest BCUT2D eigenvalue weighted by Gasteiger charge is -2.08. The molecule has 0 bridgehead atoms. The van der Waals surface area contributed by atoms with Crippen molar-refractivity contribution in [1.29, 1.82) is 0 Å². The number of aromatic nitrogens is 2. The summed E-state index contributed by atoms with van der Waals surface area (Å²) in [7, 11) is 0. The third kappa shape index (κ3) is 3.40. The first-order valence-corrected chi connectivity index (χ1v) is 6.55. The zero-order valence-electron chi connectivity index (χ0n) is 10.3. The number of carbonyl (C=O) groups excluding carboxylic acids is 1. The van der Waals surface area contributed by atoms with E-state index in [1.807, 2.05) is 16.9 Å². The van der Waals surface area contributed by atoms with Gasteiger partial charge in [0.15, 0.2) is 0 Å². The van der Waals surface area contributed by atoms with E-state index < -0.39 is 0 Å². The number of hydrogen-bond donors (Lipinski definition) is 1. The zero-order chi connectivity index (χ0) is 12.1. The topological polar surface area (TPSA) is 60.9 Å². The highest BCUT2D eigenvalue weighted by Gasteiger charge is 2.17. The van der Waals surface area contributed by atoms with E-state index in [2.05, 4.69) is 5.10 Å². The molecule has 0 radical (unpaired) electrons. The van der Waals surface area contributed by atoms with Crippen LogP contribution in [-0.4, -0.2) is 22.1 Å². The molecule has 1 aliphatic carbocycles. The maximum Gasteiger partial charge on any atom is 0.138 e. The minimum atomic E-state index is 0.243. The fourth-order valence-electron chi connectivity index (χ4n) is 2.43. The largest absolute Gasteiger partial charge is 0.330 e. The Bertz CT molecular complexity index is 366. The predicted octanol–water partition coefficient (Wildman–Crippen LogP) is 1.85. The number of Topliss-reactive ketones (excluding diaryl/α,β-unsaturated/α-hetero) is 1. The van der Waals surface area contributed by atoms with Crippen LogP contribution in [0.1, 0.15) is 50.3 Å². The molecule has 1 fully saturated rings. The van der Waals surface area contributed by atoms with Crippen LogP contribution in [0.25, 0.3) is 0 Å². The molecule has 1 heterocycles. The molecule has 1 aromatic rings. The van der Waals surface area contributed by atoms with Gasteiger partial charge in [0.2, 0.25) is 0 Å². The van der Waals surface area contributed by atoms with Gasteiger partial charge < -0.3 is 5.73 Å². The van der Waals surface area contributed by atoms with Crippen LogP contribution < -0.4 is 5.73 Å². The minimum Gasteiger partial charge on any atom is -0.330 e. The fourth-order valence-corrected chi connectivity index (χ4v) is 2.43. The summed E-state index contributed by atoms with van der Waals surface area (Å²) in [5, 5.41) is 4.50. The Kier molecular flexibility index (Phi) is 4.31. The first-order valence-electron chi connectivity index (χ1n) is 6.55. The lowest BCUT2D eigenvalue weighted by atomic mass is 10.1. The van der Waals surface area contributed by atoms with Gasteiger partial charge in [0.1, 0.15) is 5.78 Å². The van der Waals surface area contributed by atoms with Gasteiger partial charge in [0.25, 0.3) is 0 Å². The summed E-state index contributed by atoms with van der Waals surface area (Å²) in [5.74, 6) is 0.243. The van der Waals surface area contributed by atoms with Crippen LogP contribution in [-0.2, 0) is 11.2 Å². The van der Waals surface area contributed by atoms with Crippen LogP contribution in [0.4, 0.5) is 0 Å². The highest BCUT2D eigenvalue weighted by Crippen LogP contribution is 2.28. The second-order valence-electron chi connectivity index (χ2n) is 4.83. The van der Waals surface area contributed by atoms with Crippen LogP contribution in [0.3, 0.4) is 0 Å². The second kappa shape index (κ2) is 5.96. The van der Waals surface area contributed by atoms with Crippen molar-refractivity contribution in [3.05, 3.63) is 18.0 Å². The van der Waals surface area contributed by atoms with Gasteiger partial charge in [-0.05, 0) is 31.9 Å². The van der Waals surface area contributed by atoms with Crippen molar-refractivity contribution in [1.82, 2.24) is 9.78 Å². The quantitative estimate of drug-likeness (QED) is 0.818. The summed E-state index contributed by atoms with van der Waals surface area (Å²) in [6.45, 7) is 0.586. The summed E-state index contributed by atoms with van der Waals surface area (Å²) in [5.41, 5.74) is 6.29. The van der Waals surface area contributed by atoms with Crippen molar-refractivity contribution in [3.63, 3.8) is 0 Å². The van der Waals surface area contributed by atoms with Crippen molar-refractivity contribution in [2.24, 2.45) is 5.73 Å². The third-order valence-electron chi connectivity index (χ3n) is 3.40. The zero-order valence-corrected chi connectivity index (χ0v) is 10.3. The number of ketones is 1. The Morgan fingerprint density at radius 2 is 2.24 bits per heavy atom. The van der Waals surface area contributed by atoms with E-state index in [1.54, 1.807) is 0 Å². The SMILES string of the molecule is NCCCC(=O)Cc1ccn(C2CCCC2)n1. The van der Waals surface area contributed by atoms with E-state index in [0.717, 1.165) is 12.1 Å². The summed E-state index contributed by atoms with van der Waals surface area (Å²) in [6, 6.07) is 2.53. The van der Waals surface area contributed by atoms with Crippen LogP contribution in [0.15, 0.2) is 12.3 Å². The van der Waals surface area contributed by atoms with Gasteiger partial charge >= 0.3 is 0 Å². The molecule has 2 N–H and O–H groups in total. The van der Waals surface area contributed by atoms with E-state index in [1.165, 1.54) is 25.7 Å². The van der Waals surface area contributed by atoms with Crippen molar-refractivity contribution < 1.29 is 4.79 Å². The molecule has 4 nitrogen and oxygen atoms in total. The smallest absolute Gasteiger partial charge is 0.138 e. The molecule has 0 saturated heterocycles. The number of rotatable bonds is 6. The molecule has 0 amide bonds. The number of nitrogens with two attached hydrogens (primary N) is 1. The Hall–Kier alpha value is -1.16. The molecule has 0 aromatic carbocycles. The predicted molar refractivity (Wildman–Crippen MR) is 66.7 cm³/mol. The maximum absolute atomic E-state index is 11.6. The molecule has 0 spiro atoms. The van der Waals surface area contributed by atoms with Gasteiger partial charge in [0.05, 0.1) is 18.2 Å². The van der Waals surface area contributed by atoms with Gasteiger partial charge in [-0.3, -0.25) is 9.48 Å². The van der Waals surface area contributed by atoms with Crippen molar-refractivity contribution in [2.75, 3.05) is 6.54 Å². The van der Waals surface area contributed by atoms with E-state index >= 15 is 0 Å². The average molecular weight is 235 g/mol. The molecule has 1 aromatic heterocycles. The summed E-state index contributed by atoms with van der Waals surface area (Å²) < 4.78 is 2.04. The first kappa shape index (κ1) is 12.3. The van der Waals surface area contributed by atoms with Gasteiger partial charge in [0, 0.05) is 12.6 Å². The third-order valence-corrected chi connectivity index (χ3v) is 3.40. The summed E-state index contributed by atoms with van der Waals surface area (Å²) in [6.07, 6.45) is 8.88. The molecule has 2 rings (SSSR count). The standard InChI is InChI=1S/C13H21N3O/c14-8-3-6-13(17)10-11-7-9-16(15-11)12-4-1-2-5-12/h7,9,12H,1-6,8,10,14H2. The Labute approximate surface area is 102 Å². The Balaban J connectivity index is 1.87. The van der Waals surface area contributed by atoms with Crippen LogP contribution >= 0.6 is 0 Å². The Morgan fingerprint density at radius 3 is 2.94 bits per heavy atom. The molecular formula is C13H21N3O. The maximum atomic E-state index is 11.6. The molecular weight excluding hydrogens is 214 g/mol. The first-order chi connectivity index (χ1) is 8.29. The monoisotopic (exact) mass is 235 g/mol. The molecule has 1 saturated carbocycles. The van der Waals surface area contributed by atoms with Crippen LogP contribution in [0.2, 0.25) is 0 Å². The molecule has 0 atom stereocenters. The average Bonchev–Trinajstić information content (AvgIpc) is 2.95. The molecule has 1 aliphatic rings. The number of hydrogen-bond acceptors (Lipinski definition) is 3. The van der Waals surface area contributed by atoms with Crippen LogP contribution in [0, 0.1) is 0 Å². The molecule has 17 heavy (non-hydrogen) atoms. The van der Waals surface area contributed by atoms with Crippen LogP contribution in [0.5, 0.6) is 0 Å². The van der Waals surface area contributed by atoms with Crippen molar-refractivity contribution in [2.45, 2.75) is 51.0 Å². The van der Waals surface area contributed by atoms with Gasteiger partial charge in [-0.1, -0.05) is 12.8 Å². The van der Waals surface area contributed by atoms with Gasteiger partial charge in [-0.25, -0.2) is 0 Å². The number of nitrogens with zero attached hydrogens (tertiary/aromatic N) is 2. The summed E-state index contributed by atoms with van der Waals surface area (Å²) in [4.78, 5) is 11.6. The molecule has 0 unspecified atom stereocenters. The van der Waals surface area contributed by atoms with E-state index in [-0.39, 0.29) is 5.78 Å². The highest BCUT2D eigenvalue weighted by molar-refractivity contribution is 5.80. The van der Waals surface area contributed by atoms with E-state index in [4.69, 9.17) is 5.73 Å². The van der Waals surface area contributed by atoms with Gasteiger partial charge in [-0.2, -0.15) is 5.10 Å². The van der Waals surface area contributed by atoms with E-state index in [9.17, 15) is 4.79 Å². The fraction of sp³-hybridized carbons (Fsp3) is 0.692. The number of carbonyl (C=O) groups is 1. The van der Waals surface area contributed by atoms with E-state index in [0.29, 0.717) is 25.4 Å². The second-order valence-corrected chi connectivity index (χ2v) is 4.83. The molecule has 0 aliphatic heterocycles.